The van der Waals surface area contributed by atoms with Crippen molar-refractivity contribution in [3.8, 4) is 0 Å². The van der Waals surface area contributed by atoms with Gasteiger partial charge in [0.25, 0.3) is 0 Å². The van der Waals surface area contributed by atoms with Crippen LogP contribution in [0, 0.1) is 23.7 Å². The summed E-state index contributed by atoms with van der Waals surface area (Å²) >= 11 is 0. The molecule has 4 rings (SSSR count). The van der Waals surface area contributed by atoms with Gasteiger partial charge in [-0.15, -0.1) is 0 Å². The van der Waals surface area contributed by atoms with Gasteiger partial charge < -0.3 is 53.3 Å². The second-order valence-electron chi connectivity index (χ2n) is 16.6. The van der Waals surface area contributed by atoms with Crippen LogP contribution in [0.15, 0.2) is 29.7 Å². The molecule has 3 saturated heterocycles. The second kappa shape index (κ2) is 19.9. The fourth-order valence-corrected chi connectivity index (χ4v) is 8.88. The van der Waals surface area contributed by atoms with Crippen molar-refractivity contribution in [2.45, 2.75) is 148 Å². The third kappa shape index (κ3) is 10.7. The van der Waals surface area contributed by atoms with E-state index in [1.807, 2.05) is 72.7 Å². The molecule has 0 aromatic carbocycles. The molecule has 0 aliphatic carbocycles. The first-order valence-corrected chi connectivity index (χ1v) is 20.2. The Labute approximate surface area is 337 Å². The van der Waals surface area contributed by atoms with Crippen LogP contribution in [0.3, 0.4) is 0 Å². The van der Waals surface area contributed by atoms with Crippen molar-refractivity contribution in [1.29, 1.82) is 0 Å². The minimum Gasteiger partial charge on any atom is -0.458 e. The maximum Gasteiger partial charge on any atom is 0.509 e. The minimum absolute atomic E-state index is 0.261. The largest absolute Gasteiger partial charge is 0.509 e. The van der Waals surface area contributed by atoms with Gasteiger partial charge in [0.1, 0.15) is 25.4 Å². The van der Waals surface area contributed by atoms with Gasteiger partial charge in [0.2, 0.25) is 0 Å². The van der Waals surface area contributed by atoms with Crippen molar-refractivity contribution in [3.05, 3.63) is 30.1 Å². The summed E-state index contributed by atoms with van der Waals surface area (Å²) in [6.45, 7) is 14.8. The molecule has 2 N–H and O–H groups in total. The number of aliphatic hydroxyl groups is 1. The van der Waals surface area contributed by atoms with E-state index in [1.165, 1.54) is 7.11 Å². The summed E-state index contributed by atoms with van der Waals surface area (Å²) in [4.78, 5) is 52.3. The lowest BCUT2D eigenvalue weighted by molar-refractivity contribution is -0.301. The summed E-state index contributed by atoms with van der Waals surface area (Å²) in [5.74, 6) is -3.47. The van der Waals surface area contributed by atoms with Gasteiger partial charge in [0.15, 0.2) is 18.0 Å². The van der Waals surface area contributed by atoms with E-state index in [2.05, 4.69) is 15.5 Å². The third-order valence-corrected chi connectivity index (χ3v) is 12.1. The Morgan fingerprint density at radius 1 is 1.11 bits per heavy atom. The highest BCUT2D eigenvalue weighted by Gasteiger charge is 2.59. The Bertz CT molecular complexity index is 1520. The maximum absolute atomic E-state index is 14.4. The van der Waals surface area contributed by atoms with Gasteiger partial charge in [0.05, 0.1) is 29.4 Å². The van der Waals surface area contributed by atoms with Crippen LogP contribution < -0.4 is 5.32 Å². The number of aliphatic hydroxyl groups excluding tert-OH is 1. The van der Waals surface area contributed by atoms with Gasteiger partial charge in [0, 0.05) is 49.8 Å². The first-order valence-electron chi connectivity index (χ1n) is 20.2. The summed E-state index contributed by atoms with van der Waals surface area (Å²) in [6, 6.07) is 3.54. The number of hydrogen-bond acceptors (Lipinski definition) is 15. The molecule has 0 spiro atoms. The lowest BCUT2D eigenvalue weighted by atomic mass is 9.73. The van der Waals surface area contributed by atoms with E-state index in [4.69, 9.17) is 38.0 Å². The van der Waals surface area contributed by atoms with E-state index < -0.39 is 84.0 Å². The van der Waals surface area contributed by atoms with E-state index >= 15 is 0 Å². The Morgan fingerprint density at radius 2 is 1.82 bits per heavy atom. The number of amides is 1. The molecule has 1 aromatic heterocycles. The molecule has 0 bridgehead atoms. The lowest BCUT2D eigenvalue weighted by Gasteiger charge is -2.48. The smallest absolute Gasteiger partial charge is 0.458 e. The molecular weight excluding hydrogens is 740 g/mol. The number of rotatable bonds is 11. The van der Waals surface area contributed by atoms with Crippen molar-refractivity contribution in [2.24, 2.45) is 28.8 Å². The number of hydrogen-bond donors (Lipinski definition) is 2. The number of methoxy groups -OCH3 is 1. The zero-order valence-corrected chi connectivity index (χ0v) is 35.8. The van der Waals surface area contributed by atoms with Gasteiger partial charge in [-0.2, -0.15) is 0 Å². The Balaban J connectivity index is 1.80. The van der Waals surface area contributed by atoms with Crippen LogP contribution in [0.4, 0.5) is 9.59 Å². The highest BCUT2D eigenvalue weighted by molar-refractivity contribution is 5.89. The number of oxime groups is 1. The van der Waals surface area contributed by atoms with Gasteiger partial charge in [-0.25, -0.2) is 9.59 Å². The van der Waals surface area contributed by atoms with Crippen molar-refractivity contribution < 1.29 is 57.5 Å². The topological polar surface area (TPSA) is 186 Å². The molecule has 0 unspecified atom stereocenters. The van der Waals surface area contributed by atoms with Crippen molar-refractivity contribution in [2.75, 3.05) is 34.9 Å². The number of pyridine rings is 1. The van der Waals surface area contributed by atoms with Crippen LogP contribution in [0.2, 0.25) is 0 Å². The number of likely N-dealkylation sites (N-methyl/N-ethyl adjacent to an activating group) is 1. The molecule has 57 heavy (non-hydrogen) atoms. The number of cyclic esters (lactones) is 1. The number of alkyl carbamates (subject to hydrolysis) is 1. The van der Waals surface area contributed by atoms with Crippen molar-refractivity contribution in [1.82, 2.24) is 15.2 Å². The standard InChI is InChI=1S/C41H66N4O12/c1-13-30-41(8)35(56-39(49)57-41)25(4)31(44-51-12)23(2)21-40(7,50-11)34(55-37-32(46)29(45(9)10)20-24(3)52-37)26(5)33(27(6)36(47)53-30)54-38(48)43-19-15-17-28-16-14-18-42-22-28/h14,16,18,22-27,29-30,32-35,37,46H,13,15,17,19-21H2,1-12H3,(H,43,48)/b44-31+/t23-,24-,25+,26+,27-,29+,30-,32-,33+,34-,35-,37+,40-,41-/m1/s1. The summed E-state index contributed by atoms with van der Waals surface area (Å²) in [5, 5.41) is 18.9. The molecular formula is C41H66N4O12. The fraction of sp³-hybridized carbons (Fsp3) is 0.780. The molecule has 0 saturated carbocycles. The van der Waals surface area contributed by atoms with Crippen molar-refractivity contribution in [3.63, 3.8) is 0 Å². The van der Waals surface area contributed by atoms with Crippen LogP contribution in [0.25, 0.3) is 0 Å². The van der Waals surface area contributed by atoms with Gasteiger partial charge in [-0.3, -0.25) is 9.78 Å². The van der Waals surface area contributed by atoms with Crippen LogP contribution in [-0.4, -0.2) is 134 Å². The molecule has 1 amide bonds. The Kier molecular flexibility index (Phi) is 16.1. The van der Waals surface area contributed by atoms with Crippen LogP contribution >= 0.6 is 0 Å². The molecule has 0 radical (unpaired) electrons. The zero-order valence-electron chi connectivity index (χ0n) is 35.8. The molecule has 4 heterocycles. The molecule has 3 fully saturated rings. The average molecular weight is 807 g/mol. The molecule has 322 valence electrons. The summed E-state index contributed by atoms with van der Waals surface area (Å²) in [5.41, 5.74) is -1.03. The third-order valence-electron chi connectivity index (χ3n) is 12.1. The number of aryl methyl sites for hydroxylation is 1. The van der Waals surface area contributed by atoms with Gasteiger partial charge in [-0.05, 0) is 85.5 Å². The Hall–Kier alpha value is -3.57. The highest BCUT2D eigenvalue weighted by atomic mass is 16.8. The SMILES string of the molecule is CC[C@H]1OC(=O)[C@H](C)[C@@H](OC(=O)NCCCc2cccnc2)[C@H](C)[C@@H](O[C@@H]2O[C@H](C)C[C@H](N(C)C)[C@H]2O)[C@](C)(OC)C[C@@H](C)/C(=N\OC)[C@H](C)[C@H]2OC(=O)O[C@@]21C. The monoisotopic (exact) mass is 806 g/mol. The van der Waals surface area contributed by atoms with Gasteiger partial charge >= 0.3 is 18.2 Å². The van der Waals surface area contributed by atoms with Gasteiger partial charge in [-0.1, -0.05) is 38.9 Å². The first-order chi connectivity index (χ1) is 26.9. The van der Waals surface area contributed by atoms with E-state index in [0.717, 1.165) is 5.56 Å². The summed E-state index contributed by atoms with van der Waals surface area (Å²) < 4.78 is 43.5. The van der Waals surface area contributed by atoms with Crippen LogP contribution in [-0.2, 0) is 49.2 Å². The predicted molar refractivity (Wildman–Crippen MR) is 209 cm³/mol. The molecule has 3 aliphatic rings. The van der Waals surface area contributed by atoms with Crippen LogP contribution in [0.5, 0.6) is 0 Å². The molecule has 3 aliphatic heterocycles. The summed E-state index contributed by atoms with van der Waals surface area (Å²) in [6.07, 6.45) is -2.12. The predicted octanol–water partition coefficient (Wildman–Crippen LogP) is 4.89. The average Bonchev–Trinajstić information content (AvgIpc) is 3.49. The number of nitrogens with one attached hydrogen (secondary N) is 1. The quantitative estimate of drug-likeness (QED) is 0.133. The number of nitrogens with zero attached hydrogens (tertiary/aromatic N) is 3. The molecule has 1 aromatic rings. The van der Waals surface area contributed by atoms with E-state index in [9.17, 15) is 19.5 Å². The zero-order chi connectivity index (χ0) is 42.2. The number of esters is 1. The number of aromatic nitrogens is 1. The maximum atomic E-state index is 14.4. The van der Waals surface area contributed by atoms with E-state index in [0.29, 0.717) is 31.5 Å². The number of ether oxygens (including phenoxy) is 7. The number of carbonyl (C=O) groups excluding carboxylic acids is 3. The normalized spacial score (nSPS) is 38.7. The number of fused-ring (bicyclic) bond motifs is 1. The van der Waals surface area contributed by atoms with E-state index in [-0.39, 0.29) is 30.9 Å². The van der Waals surface area contributed by atoms with Crippen LogP contribution in [0.1, 0.15) is 86.6 Å². The fourth-order valence-electron chi connectivity index (χ4n) is 8.88. The van der Waals surface area contributed by atoms with E-state index in [1.54, 1.807) is 33.4 Å². The first kappa shape index (κ1) is 46.1. The second-order valence-corrected chi connectivity index (χ2v) is 16.6. The minimum atomic E-state index is -1.41. The lowest BCUT2D eigenvalue weighted by Crippen LogP contribution is -2.60. The highest BCUT2D eigenvalue weighted by Crippen LogP contribution is 2.43. The Morgan fingerprint density at radius 3 is 2.44 bits per heavy atom. The van der Waals surface area contributed by atoms with Crippen molar-refractivity contribution >= 4 is 23.9 Å². The molecule has 14 atom stereocenters. The molecule has 16 nitrogen and oxygen atoms in total. The number of carbonyl (C=O) groups is 3. The molecule has 16 heteroatoms. The summed E-state index contributed by atoms with van der Waals surface area (Å²) in [7, 11) is 6.77.